The average Bonchev–Trinajstić information content (AvgIpc) is 3.16. The summed E-state index contributed by atoms with van der Waals surface area (Å²) in [7, 11) is 0. The molecule has 37 heavy (non-hydrogen) atoms. The van der Waals surface area contributed by atoms with Gasteiger partial charge in [-0.1, -0.05) is 62.4 Å². The summed E-state index contributed by atoms with van der Waals surface area (Å²) in [6, 6.07) is 17.7. The highest BCUT2D eigenvalue weighted by molar-refractivity contribution is 5.83. The first-order valence-corrected chi connectivity index (χ1v) is 12.3. The maximum absolute atomic E-state index is 14.1. The normalized spacial score (nSPS) is 16.4. The van der Waals surface area contributed by atoms with Crippen LogP contribution in [0.5, 0.6) is 5.75 Å². The molecule has 194 valence electrons. The molecular formula is C30H31F2NO4. The van der Waals surface area contributed by atoms with Crippen molar-refractivity contribution < 1.29 is 28.2 Å². The Balaban J connectivity index is 1.45. The smallest absolute Gasteiger partial charge is 0.323 e. The highest BCUT2D eigenvalue weighted by Gasteiger charge is 2.35. The summed E-state index contributed by atoms with van der Waals surface area (Å²) < 4.78 is 34.0. The molecule has 1 aliphatic heterocycles. The standard InChI is InChI=1S/C30H31F2NO4/c1-19(2)22-10-7-20(8-11-22)15-30(3)16-24-13-21(9-12-26(24)37-30)14-27(34)33(18-28(35)36)17-23-5-4-6-25(31)29(23)32/h4-13,19H,14-18H2,1-3H3,(H,35,36)/t30-/m1/s1. The van der Waals surface area contributed by atoms with E-state index in [-0.39, 0.29) is 18.5 Å². The van der Waals surface area contributed by atoms with Crippen molar-refractivity contribution in [3.63, 3.8) is 0 Å². The number of carboxylic acids is 1. The molecule has 1 heterocycles. The number of halogens is 2. The number of carboxylic acid groups (broad SMARTS) is 1. The summed E-state index contributed by atoms with van der Waals surface area (Å²) in [5.41, 5.74) is 3.66. The van der Waals surface area contributed by atoms with Crippen LogP contribution in [0, 0.1) is 11.6 Å². The minimum Gasteiger partial charge on any atom is -0.487 e. The Labute approximate surface area is 215 Å². The highest BCUT2D eigenvalue weighted by Crippen LogP contribution is 2.37. The van der Waals surface area contributed by atoms with Gasteiger partial charge in [0.2, 0.25) is 5.91 Å². The first kappa shape index (κ1) is 26.3. The molecular weight excluding hydrogens is 476 g/mol. The second kappa shape index (κ2) is 10.7. The molecule has 4 rings (SSSR count). The van der Waals surface area contributed by atoms with E-state index in [1.807, 2.05) is 12.1 Å². The van der Waals surface area contributed by atoms with E-state index in [0.29, 0.717) is 17.9 Å². The third-order valence-corrected chi connectivity index (χ3v) is 6.70. The van der Waals surface area contributed by atoms with Crippen molar-refractivity contribution in [3.8, 4) is 5.75 Å². The maximum atomic E-state index is 14.1. The summed E-state index contributed by atoms with van der Waals surface area (Å²) >= 11 is 0. The molecule has 1 amide bonds. The molecule has 0 saturated carbocycles. The quantitative estimate of drug-likeness (QED) is 0.405. The number of hydrogen-bond acceptors (Lipinski definition) is 3. The summed E-state index contributed by atoms with van der Waals surface area (Å²) in [4.78, 5) is 25.4. The van der Waals surface area contributed by atoms with Gasteiger partial charge in [0.1, 0.15) is 17.9 Å². The average molecular weight is 508 g/mol. The first-order valence-electron chi connectivity index (χ1n) is 12.3. The number of carbonyl (C=O) groups is 2. The van der Waals surface area contributed by atoms with Gasteiger partial charge >= 0.3 is 5.97 Å². The van der Waals surface area contributed by atoms with Gasteiger partial charge in [0, 0.05) is 24.9 Å². The minimum absolute atomic E-state index is 0.0646. The van der Waals surface area contributed by atoms with Crippen LogP contribution in [0.4, 0.5) is 8.78 Å². The Morgan fingerprint density at radius 1 is 1.05 bits per heavy atom. The number of rotatable bonds is 9. The van der Waals surface area contributed by atoms with E-state index in [4.69, 9.17) is 4.74 Å². The topological polar surface area (TPSA) is 66.8 Å². The lowest BCUT2D eigenvalue weighted by atomic mass is 9.90. The Kier molecular flexibility index (Phi) is 7.62. The number of hydrogen-bond donors (Lipinski definition) is 1. The Morgan fingerprint density at radius 3 is 2.43 bits per heavy atom. The molecule has 0 fully saturated rings. The molecule has 3 aromatic carbocycles. The van der Waals surface area contributed by atoms with Crippen LogP contribution in [0.3, 0.4) is 0 Å². The SMILES string of the molecule is CC(C)c1ccc(C[C@]2(C)Cc3cc(CC(=O)N(CC(=O)O)Cc4cccc(F)c4F)ccc3O2)cc1. The summed E-state index contributed by atoms with van der Waals surface area (Å²) in [5, 5.41) is 9.27. The van der Waals surface area contributed by atoms with Crippen LogP contribution >= 0.6 is 0 Å². The van der Waals surface area contributed by atoms with Gasteiger partial charge < -0.3 is 14.7 Å². The fraction of sp³-hybridized carbons (Fsp3) is 0.333. The molecule has 5 nitrogen and oxygen atoms in total. The molecule has 0 aliphatic carbocycles. The van der Waals surface area contributed by atoms with Gasteiger partial charge in [0.15, 0.2) is 11.6 Å². The molecule has 7 heteroatoms. The van der Waals surface area contributed by atoms with Crippen molar-refractivity contribution >= 4 is 11.9 Å². The predicted molar refractivity (Wildman–Crippen MR) is 137 cm³/mol. The number of aliphatic carboxylic acids is 1. The van der Waals surface area contributed by atoms with Crippen molar-refractivity contribution in [3.05, 3.63) is 100 Å². The molecule has 0 aromatic heterocycles. The summed E-state index contributed by atoms with van der Waals surface area (Å²) in [5.74, 6) is -2.61. The van der Waals surface area contributed by atoms with E-state index >= 15 is 0 Å². The minimum atomic E-state index is -1.23. The Morgan fingerprint density at radius 2 is 1.76 bits per heavy atom. The van der Waals surface area contributed by atoms with Gasteiger partial charge in [-0.3, -0.25) is 9.59 Å². The summed E-state index contributed by atoms with van der Waals surface area (Å²) in [6.07, 6.45) is 1.34. The van der Waals surface area contributed by atoms with Gasteiger partial charge in [-0.15, -0.1) is 0 Å². The fourth-order valence-corrected chi connectivity index (χ4v) is 4.79. The zero-order valence-electron chi connectivity index (χ0n) is 21.3. The number of amides is 1. The van der Waals surface area contributed by atoms with Crippen LogP contribution in [0.15, 0.2) is 60.7 Å². The van der Waals surface area contributed by atoms with Crippen molar-refractivity contribution in [2.45, 2.75) is 58.1 Å². The van der Waals surface area contributed by atoms with Crippen molar-refractivity contribution in [1.29, 1.82) is 0 Å². The van der Waals surface area contributed by atoms with Crippen molar-refractivity contribution in [1.82, 2.24) is 4.90 Å². The largest absolute Gasteiger partial charge is 0.487 e. The molecule has 0 unspecified atom stereocenters. The van der Waals surface area contributed by atoms with E-state index in [0.717, 1.165) is 28.7 Å². The third kappa shape index (κ3) is 6.34. The van der Waals surface area contributed by atoms with Crippen molar-refractivity contribution in [2.24, 2.45) is 0 Å². The van der Waals surface area contributed by atoms with E-state index in [9.17, 15) is 23.5 Å². The molecule has 0 saturated heterocycles. The molecule has 1 aliphatic rings. The van der Waals surface area contributed by atoms with Crippen LogP contribution in [0.25, 0.3) is 0 Å². The number of nitrogens with zero attached hydrogens (tertiary/aromatic N) is 1. The van der Waals surface area contributed by atoms with Crippen LogP contribution < -0.4 is 4.74 Å². The predicted octanol–water partition coefficient (Wildman–Crippen LogP) is 5.68. The van der Waals surface area contributed by atoms with Crippen molar-refractivity contribution in [2.75, 3.05) is 6.54 Å². The van der Waals surface area contributed by atoms with E-state index < -0.39 is 35.7 Å². The molecule has 1 atom stereocenters. The molecule has 0 radical (unpaired) electrons. The van der Waals surface area contributed by atoms with Crippen LogP contribution in [0.2, 0.25) is 0 Å². The second-order valence-corrected chi connectivity index (χ2v) is 10.3. The Bertz CT molecular complexity index is 1310. The molecule has 0 spiro atoms. The van der Waals surface area contributed by atoms with Gasteiger partial charge in [-0.05, 0) is 47.2 Å². The lowest BCUT2D eigenvalue weighted by molar-refractivity contribution is -0.144. The van der Waals surface area contributed by atoms with Gasteiger partial charge in [0.05, 0.1) is 6.42 Å². The number of carbonyl (C=O) groups excluding carboxylic acids is 1. The van der Waals surface area contributed by atoms with Gasteiger partial charge in [-0.2, -0.15) is 0 Å². The van der Waals surface area contributed by atoms with Gasteiger partial charge in [-0.25, -0.2) is 8.78 Å². The van der Waals surface area contributed by atoms with E-state index in [1.165, 1.54) is 23.3 Å². The number of fused-ring (bicyclic) bond motifs is 1. The van der Waals surface area contributed by atoms with E-state index in [1.54, 1.807) is 6.07 Å². The van der Waals surface area contributed by atoms with Crippen LogP contribution in [-0.2, 0) is 35.4 Å². The Hall–Kier alpha value is -3.74. The number of benzene rings is 3. The zero-order valence-corrected chi connectivity index (χ0v) is 21.3. The molecule has 0 bridgehead atoms. The van der Waals surface area contributed by atoms with Crippen LogP contribution in [-0.4, -0.2) is 34.0 Å². The van der Waals surface area contributed by atoms with Crippen LogP contribution in [0.1, 0.15) is 54.5 Å². The second-order valence-electron chi connectivity index (χ2n) is 10.3. The van der Waals surface area contributed by atoms with Gasteiger partial charge in [0.25, 0.3) is 0 Å². The lowest BCUT2D eigenvalue weighted by Crippen LogP contribution is -2.36. The zero-order chi connectivity index (χ0) is 26.7. The first-order chi connectivity index (χ1) is 17.5. The molecule has 3 aromatic rings. The van der Waals surface area contributed by atoms with E-state index in [2.05, 4.69) is 45.0 Å². The number of ether oxygens (including phenoxy) is 1. The monoisotopic (exact) mass is 507 g/mol. The summed E-state index contributed by atoms with van der Waals surface area (Å²) in [6.45, 7) is 5.44. The third-order valence-electron chi connectivity index (χ3n) is 6.70. The lowest BCUT2D eigenvalue weighted by Gasteiger charge is -2.24. The highest BCUT2D eigenvalue weighted by atomic mass is 19.2. The fourth-order valence-electron chi connectivity index (χ4n) is 4.79. The molecule has 1 N–H and O–H groups in total. The maximum Gasteiger partial charge on any atom is 0.323 e.